The highest BCUT2D eigenvalue weighted by Crippen LogP contribution is 2.30. The first-order valence-corrected chi connectivity index (χ1v) is 11.8. The maximum atomic E-state index is 14.3. The van der Waals surface area contributed by atoms with Crippen LogP contribution < -0.4 is 10.6 Å². The van der Waals surface area contributed by atoms with Crippen LogP contribution in [-0.2, 0) is 9.53 Å². The number of halogens is 2. The lowest BCUT2D eigenvalue weighted by molar-refractivity contribution is -0.121. The van der Waals surface area contributed by atoms with Crippen molar-refractivity contribution in [2.45, 2.75) is 38.6 Å². The molecule has 0 unspecified atom stereocenters. The van der Waals surface area contributed by atoms with E-state index in [1.165, 1.54) is 12.4 Å². The Morgan fingerprint density at radius 3 is 2.79 bits per heavy atom. The molecule has 2 atom stereocenters. The number of hydrogen-bond donors (Lipinski definition) is 2. The van der Waals surface area contributed by atoms with Crippen LogP contribution in [0.1, 0.15) is 32.6 Å². The second kappa shape index (κ2) is 10.7. The predicted octanol–water partition coefficient (Wildman–Crippen LogP) is 3.84. The molecule has 4 rings (SSSR count). The third-order valence-electron chi connectivity index (χ3n) is 6.57. The number of likely N-dealkylation sites (tertiary alicyclic amines) is 1. The van der Waals surface area contributed by atoms with Gasteiger partial charge in [-0.3, -0.25) is 4.79 Å². The summed E-state index contributed by atoms with van der Waals surface area (Å²) in [6.07, 6.45) is 6.46. The third-order valence-corrected chi connectivity index (χ3v) is 6.88. The molecule has 2 fully saturated rings. The van der Waals surface area contributed by atoms with Gasteiger partial charge in [0.15, 0.2) is 5.82 Å². The van der Waals surface area contributed by atoms with Crippen molar-refractivity contribution in [3.63, 3.8) is 0 Å². The summed E-state index contributed by atoms with van der Waals surface area (Å²) in [5, 5.41) is 6.31. The summed E-state index contributed by atoms with van der Waals surface area (Å²) in [5.74, 6) is 0.0227. The fourth-order valence-electron chi connectivity index (χ4n) is 4.24. The standard InChI is InChI=1S/C23H30ClFN6O2/c1-14-3-4-16(13-31(14)2)23(32)30-20-9-17(18(24)11-26-20)19-12-27-21(25)22(29-19)28-10-15-5-7-33-8-6-15/h9,11-12,14-16H,3-8,10,13H2,1-2H3,(H,28,29)(H,26,30,32)/t14-,16-/m1/s1. The van der Waals surface area contributed by atoms with Gasteiger partial charge in [-0.1, -0.05) is 11.6 Å². The molecule has 33 heavy (non-hydrogen) atoms. The van der Waals surface area contributed by atoms with Gasteiger partial charge in [0.05, 0.1) is 22.8 Å². The maximum absolute atomic E-state index is 14.3. The van der Waals surface area contributed by atoms with Crippen molar-refractivity contribution < 1.29 is 13.9 Å². The maximum Gasteiger partial charge on any atom is 0.255 e. The summed E-state index contributed by atoms with van der Waals surface area (Å²) < 4.78 is 19.7. The fraction of sp³-hybridized carbons (Fsp3) is 0.565. The number of carbonyl (C=O) groups excluding carboxylic acids is 1. The van der Waals surface area contributed by atoms with Gasteiger partial charge in [-0.15, -0.1) is 0 Å². The molecule has 2 aromatic heterocycles. The van der Waals surface area contributed by atoms with Gasteiger partial charge in [0.25, 0.3) is 5.95 Å². The van der Waals surface area contributed by atoms with Crippen LogP contribution in [0.15, 0.2) is 18.5 Å². The molecule has 1 amide bonds. The zero-order valence-electron chi connectivity index (χ0n) is 19.0. The van der Waals surface area contributed by atoms with Gasteiger partial charge in [0.1, 0.15) is 5.82 Å². The van der Waals surface area contributed by atoms with E-state index in [9.17, 15) is 9.18 Å². The van der Waals surface area contributed by atoms with E-state index in [-0.39, 0.29) is 17.6 Å². The number of anilines is 2. The first kappa shape index (κ1) is 23.8. The van der Waals surface area contributed by atoms with Gasteiger partial charge in [-0.2, -0.15) is 4.39 Å². The van der Waals surface area contributed by atoms with Crippen LogP contribution in [0.5, 0.6) is 0 Å². The van der Waals surface area contributed by atoms with Crippen LogP contribution in [-0.4, -0.2) is 65.2 Å². The molecule has 0 radical (unpaired) electrons. The Kier molecular flexibility index (Phi) is 7.72. The molecule has 0 bridgehead atoms. The number of carbonyl (C=O) groups is 1. The molecule has 8 nitrogen and oxygen atoms in total. The Labute approximate surface area is 198 Å². The van der Waals surface area contributed by atoms with E-state index < -0.39 is 5.95 Å². The van der Waals surface area contributed by atoms with Crippen molar-refractivity contribution >= 4 is 29.1 Å². The average molecular weight is 477 g/mol. The lowest BCUT2D eigenvalue weighted by atomic mass is 9.93. The molecule has 178 valence electrons. The van der Waals surface area contributed by atoms with Gasteiger partial charge in [-0.05, 0) is 51.6 Å². The molecule has 0 aliphatic carbocycles. The smallest absolute Gasteiger partial charge is 0.255 e. The minimum atomic E-state index is -0.667. The summed E-state index contributed by atoms with van der Waals surface area (Å²) in [4.78, 5) is 27.5. The van der Waals surface area contributed by atoms with E-state index in [1.807, 2.05) is 7.05 Å². The van der Waals surface area contributed by atoms with Crippen molar-refractivity contribution in [2.24, 2.45) is 11.8 Å². The van der Waals surface area contributed by atoms with Crippen LogP contribution in [0.2, 0.25) is 5.02 Å². The van der Waals surface area contributed by atoms with Crippen molar-refractivity contribution in [3.8, 4) is 11.3 Å². The lowest BCUT2D eigenvalue weighted by Crippen LogP contribution is -2.43. The number of nitrogens with zero attached hydrogens (tertiary/aromatic N) is 4. The third kappa shape index (κ3) is 5.96. The first-order valence-electron chi connectivity index (χ1n) is 11.4. The highest BCUT2D eigenvalue weighted by Gasteiger charge is 2.28. The van der Waals surface area contributed by atoms with Gasteiger partial charge >= 0.3 is 0 Å². The molecule has 2 saturated heterocycles. The van der Waals surface area contributed by atoms with E-state index >= 15 is 0 Å². The molecule has 0 saturated carbocycles. The Bertz CT molecular complexity index is 987. The first-order chi connectivity index (χ1) is 15.9. The van der Waals surface area contributed by atoms with E-state index in [0.717, 1.165) is 38.9 Å². The molecule has 2 aliphatic rings. The fourth-order valence-corrected chi connectivity index (χ4v) is 4.44. The van der Waals surface area contributed by atoms with Crippen LogP contribution in [0.25, 0.3) is 11.3 Å². The van der Waals surface area contributed by atoms with Gasteiger partial charge in [0.2, 0.25) is 5.91 Å². The Morgan fingerprint density at radius 2 is 2.03 bits per heavy atom. The normalized spacial score (nSPS) is 22.2. The number of aromatic nitrogens is 3. The van der Waals surface area contributed by atoms with Crippen molar-refractivity contribution in [3.05, 3.63) is 29.4 Å². The number of hydrogen-bond acceptors (Lipinski definition) is 7. The summed E-state index contributed by atoms with van der Waals surface area (Å²) in [6.45, 7) is 4.91. The molecular weight excluding hydrogens is 447 g/mol. The van der Waals surface area contributed by atoms with Gasteiger partial charge < -0.3 is 20.3 Å². The molecule has 4 heterocycles. The van der Waals surface area contributed by atoms with Crippen molar-refractivity contribution in [1.82, 2.24) is 19.9 Å². The second-order valence-electron chi connectivity index (χ2n) is 8.93. The SMILES string of the molecule is C[C@@H]1CC[C@@H](C(=O)Nc2cc(-c3cnc(F)c(NCC4CCOCC4)n3)c(Cl)cn2)CN1C. The molecule has 2 N–H and O–H groups in total. The van der Waals surface area contributed by atoms with Crippen LogP contribution in [0.3, 0.4) is 0 Å². The average Bonchev–Trinajstić information content (AvgIpc) is 2.82. The number of pyridine rings is 1. The van der Waals surface area contributed by atoms with Crippen molar-refractivity contribution in [2.75, 3.05) is 44.0 Å². The quantitative estimate of drug-likeness (QED) is 0.654. The van der Waals surface area contributed by atoms with Crippen LogP contribution >= 0.6 is 11.6 Å². The molecule has 2 aromatic rings. The zero-order valence-corrected chi connectivity index (χ0v) is 19.7. The Hall–Kier alpha value is -2.36. The van der Waals surface area contributed by atoms with Crippen LogP contribution in [0, 0.1) is 17.8 Å². The minimum Gasteiger partial charge on any atom is -0.381 e. The van der Waals surface area contributed by atoms with Crippen LogP contribution in [0.4, 0.5) is 16.0 Å². The largest absolute Gasteiger partial charge is 0.381 e. The summed E-state index contributed by atoms with van der Waals surface area (Å²) >= 11 is 6.36. The van der Waals surface area contributed by atoms with E-state index in [2.05, 4.69) is 37.4 Å². The summed E-state index contributed by atoms with van der Waals surface area (Å²) in [5.41, 5.74) is 0.929. The number of ether oxygens (including phenoxy) is 1. The second-order valence-corrected chi connectivity index (χ2v) is 9.34. The molecule has 0 spiro atoms. The predicted molar refractivity (Wildman–Crippen MR) is 126 cm³/mol. The molecule has 0 aromatic carbocycles. The van der Waals surface area contributed by atoms with Gasteiger partial charge in [-0.25, -0.2) is 15.0 Å². The van der Waals surface area contributed by atoms with Gasteiger partial charge in [0, 0.05) is 44.1 Å². The number of nitrogens with one attached hydrogen (secondary N) is 2. The lowest BCUT2D eigenvalue weighted by Gasteiger charge is -2.34. The summed E-state index contributed by atoms with van der Waals surface area (Å²) in [6, 6.07) is 2.13. The number of rotatable bonds is 6. The number of piperidine rings is 1. The van der Waals surface area contributed by atoms with E-state index in [1.54, 1.807) is 6.07 Å². The van der Waals surface area contributed by atoms with E-state index in [4.69, 9.17) is 16.3 Å². The minimum absolute atomic E-state index is 0.0708. The molecule has 10 heteroatoms. The highest BCUT2D eigenvalue weighted by molar-refractivity contribution is 6.33. The topological polar surface area (TPSA) is 92.3 Å². The Balaban J connectivity index is 1.47. The molecule has 2 aliphatic heterocycles. The highest BCUT2D eigenvalue weighted by atomic mass is 35.5. The van der Waals surface area contributed by atoms with Crippen molar-refractivity contribution in [1.29, 1.82) is 0 Å². The summed E-state index contributed by atoms with van der Waals surface area (Å²) in [7, 11) is 2.03. The molecular formula is C23H30ClFN6O2. The Morgan fingerprint density at radius 1 is 1.24 bits per heavy atom. The zero-order chi connectivity index (χ0) is 23.4. The monoisotopic (exact) mass is 476 g/mol. The van der Waals surface area contributed by atoms with E-state index in [0.29, 0.717) is 47.1 Å². The number of amides is 1.